The van der Waals surface area contributed by atoms with Crippen molar-refractivity contribution in [1.82, 2.24) is 0 Å². The molecule has 0 radical (unpaired) electrons. The lowest BCUT2D eigenvalue weighted by Crippen LogP contribution is -2.17. The van der Waals surface area contributed by atoms with E-state index >= 15 is 0 Å². The highest BCUT2D eigenvalue weighted by Crippen LogP contribution is 2.57. The maximum absolute atomic E-state index is 14.1. The molecular weight excluding hydrogens is 907 g/mol. The summed E-state index contributed by atoms with van der Waals surface area (Å²) in [6, 6.07) is 58.4. The molecule has 346 valence electrons. The zero-order valence-electron chi connectivity index (χ0n) is 38.0. The summed E-state index contributed by atoms with van der Waals surface area (Å²) in [7, 11) is 0. The third kappa shape index (κ3) is 6.54. The molecule has 0 N–H and O–H groups in total. The molecule has 10 aromatic carbocycles. The lowest BCUT2D eigenvalue weighted by molar-refractivity contribution is -0.138. The van der Waals surface area contributed by atoms with Crippen LogP contribution in [0.4, 0.5) is 60.5 Å². The van der Waals surface area contributed by atoms with Gasteiger partial charge in [0.1, 0.15) is 11.2 Å². The van der Waals surface area contributed by atoms with Gasteiger partial charge >= 0.3 is 12.4 Å². The normalized spacial score (nSPS) is 13.5. The summed E-state index contributed by atoms with van der Waals surface area (Å²) >= 11 is 0. The maximum atomic E-state index is 14.1. The fraction of sp³-hybridized carbons (Fsp3) is 0.0820. The van der Waals surface area contributed by atoms with E-state index in [9.17, 15) is 26.3 Å². The van der Waals surface area contributed by atoms with E-state index < -0.39 is 28.9 Å². The number of para-hydroxylation sites is 4. The number of nitrogens with zero attached hydrogens (tertiary/aromatic N) is 2. The molecule has 0 aliphatic heterocycles. The molecule has 0 saturated heterocycles. The highest BCUT2D eigenvalue weighted by Gasteiger charge is 2.40. The average molecular weight is 945 g/mol. The van der Waals surface area contributed by atoms with Crippen LogP contribution in [-0.2, 0) is 17.8 Å². The first kappa shape index (κ1) is 42.6. The van der Waals surface area contributed by atoms with Gasteiger partial charge in [0.2, 0.25) is 0 Å². The van der Waals surface area contributed by atoms with Crippen molar-refractivity contribution in [3.63, 3.8) is 0 Å². The summed E-state index contributed by atoms with van der Waals surface area (Å²) in [5, 5.41) is 7.40. The topological polar surface area (TPSA) is 32.8 Å². The van der Waals surface area contributed by atoms with Crippen LogP contribution in [0.2, 0.25) is 0 Å². The molecule has 0 saturated carbocycles. The second-order valence-electron chi connectivity index (χ2n) is 18.6. The molecule has 13 rings (SSSR count). The monoisotopic (exact) mass is 944 g/mol. The second-order valence-corrected chi connectivity index (χ2v) is 18.6. The minimum atomic E-state index is -4.52. The summed E-state index contributed by atoms with van der Waals surface area (Å²) in [5.74, 6) is 0. The van der Waals surface area contributed by atoms with E-state index in [-0.39, 0.29) is 0 Å². The van der Waals surface area contributed by atoms with Gasteiger partial charge in [-0.15, -0.1) is 0 Å². The quantitative estimate of drug-likeness (QED) is 0.156. The number of fused-ring (bicyclic) bond motifs is 13. The molecule has 1 aliphatic rings. The van der Waals surface area contributed by atoms with Crippen molar-refractivity contribution in [2.45, 2.75) is 31.6 Å². The molecule has 2 heterocycles. The fourth-order valence-electron chi connectivity index (χ4n) is 11.0. The van der Waals surface area contributed by atoms with E-state index in [1.807, 2.05) is 113 Å². The SMILES string of the molecule is CC1(C)c2cc(N(c3ccc(C(F)(F)F)cc3)c3cccc4c3oc3ccccc34)c3ccccc3c2-c2ccc3cc(N(c4ccc(C(F)(F)F)cc4)c4cccc5c4oc4ccccc45)ccc3c21. The van der Waals surface area contributed by atoms with E-state index in [2.05, 4.69) is 56.3 Å². The summed E-state index contributed by atoms with van der Waals surface area (Å²) in [6.07, 6.45) is -9.03. The molecule has 0 fully saturated rings. The summed E-state index contributed by atoms with van der Waals surface area (Å²) in [4.78, 5) is 3.95. The molecule has 12 aromatic rings. The molecule has 0 atom stereocenters. The van der Waals surface area contributed by atoms with E-state index in [1.54, 1.807) is 0 Å². The summed E-state index contributed by atoms with van der Waals surface area (Å²) in [5.41, 5.74) is 8.63. The molecule has 71 heavy (non-hydrogen) atoms. The van der Waals surface area contributed by atoms with Crippen molar-refractivity contribution in [3.05, 3.63) is 216 Å². The van der Waals surface area contributed by atoms with Crippen LogP contribution in [0, 0.1) is 0 Å². The largest absolute Gasteiger partial charge is 0.454 e. The van der Waals surface area contributed by atoms with Gasteiger partial charge in [0.05, 0.1) is 28.2 Å². The number of anilines is 6. The molecule has 1 aliphatic carbocycles. The smallest absolute Gasteiger partial charge is 0.416 e. The first-order valence-corrected chi connectivity index (χ1v) is 23.1. The van der Waals surface area contributed by atoms with Gasteiger partial charge in [0.15, 0.2) is 11.2 Å². The zero-order chi connectivity index (χ0) is 48.6. The lowest BCUT2D eigenvalue weighted by Gasteiger charge is -2.30. The number of benzene rings is 10. The van der Waals surface area contributed by atoms with Crippen LogP contribution in [-0.4, -0.2) is 0 Å². The molecular formula is C61H38F6N2O2. The van der Waals surface area contributed by atoms with Crippen LogP contribution in [0.25, 0.3) is 76.5 Å². The van der Waals surface area contributed by atoms with Crippen molar-refractivity contribution in [2.75, 3.05) is 9.80 Å². The molecule has 0 unspecified atom stereocenters. The minimum absolute atomic E-state index is 0.522. The Bertz CT molecular complexity index is 4130. The Morgan fingerprint density at radius 2 is 0.873 bits per heavy atom. The number of rotatable bonds is 6. The van der Waals surface area contributed by atoms with Crippen molar-refractivity contribution >= 4 is 99.5 Å². The number of hydrogen-bond donors (Lipinski definition) is 0. The highest BCUT2D eigenvalue weighted by atomic mass is 19.4. The van der Waals surface area contributed by atoms with Gasteiger partial charge in [-0.25, -0.2) is 0 Å². The van der Waals surface area contributed by atoms with E-state index in [0.717, 1.165) is 101 Å². The molecule has 4 nitrogen and oxygen atoms in total. The number of hydrogen-bond acceptors (Lipinski definition) is 4. The van der Waals surface area contributed by atoms with Gasteiger partial charge in [-0.2, -0.15) is 26.3 Å². The van der Waals surface area contributed by atoms with Gasteiger partial charge in [-0.3, -0.25) is 0 Å². The fourth-order valence-corrected chi connectivity index (χ4v) is 11.0. The Labute approximate surface area is 402 Å². The first-order valence-electron chi connectivity index (χ1n) is 23.1. The standard InChI is InChI=1S/C61H38F6N2O2/c1-59(2)49-34-52(69(39-28-24-37(25-29-39)61(65,66)67)51-18-10-16-47-44-13-6-8-20-54(44)71-58(47)51)42-11-3-4-14-45(42)55(49)48-31-21-35-33-40(30-32-41(35)56(48)59)68(38-26-22-36(23-27-38)60(62,63)64)50-17-9-15-46-43-12-5-7-19-53(43)70-57(46)50/h3-34H,1-2H3. The minimum Gasteiger partial charge on any atom is -0.454 e. The summed E-state index contributed by atoms with van der Waals surface area (Å²) in [6.45, 7) is 4.39. The Morgan fingerprint density at radius 1 is 0.394 bits per heavy atom. The van der Waals surface area contributed by atoms with Gasteiger partial charge in [0, 0.05) is 49.4 Å². The molecule has 10 heteroatoms. The summed E-state index contributed by atoms with van der Waals surface area (Å²) < 4.78 is 97.0. The Morgan fingerprint density at radius 3 is 1.44 bits per heavy atom. The Hall–Kier alpha value is -8.50. The van der Waals surface area contributed by atoms with Crippen LogP contribution in [0.15, 0.2) is 203 Å². The van der Waals surface area contributed by atoms with Gasteiger partial charge in [-0.1, -0.05) is 117 Å². The molecule has 0 bridgehead atoms. The predicted octanol–water partition coefficient (Wildman–Crippen LogP) is 19.1. The van der Waals surface area contributed by atoms with E-state index in [1.165, 1.54) is 24.3 Å². The Kier molecular flexibility index (Phi) is 9.15. The van der Waals surface area contributed by atoms with Crippen molar-refractivity contribution < 1.29 is 35.2 Å². The van der Waals surface area contributed by atoms with Crippen LogP contribution in [0.1, 0.15) is 36.1 Å². The average Bonchev–Trinajstić information content (AvgIpc) is 4.02. The van der Waals surface area contributed by atoms with Gasteiger partial charge in [-0.05, 0) is 129 Å². The third-order valence-corrected chi connectivity index (χ3v) is 14.2. The lowest BCUT2D eigenvalue weighted by atomic mass is 9.79. The van der Waals surface area contributed by atoms with Crippen LogP contribution in [0.5, 0.6) is 0 Å². The predicted molar refractivity (Wildman–Crippen MR) is 273 cm³/mol. The highest BCUT2D eigenvalue weighted by molar-refractivity contribution is 6.16. The Balaban J connectivity index is 1.00. The van der Waals surface area contributed by atoms with E-state index in [0.29, 0.717) is 45.1 Å². The van der Waals surface area contributed by atoms with Crippen molar-refractivity contribution in [3.8, 4) is 11.1 Å². The number of furan rings is 2. The molecule has 0 amide bonds. The zero-order valence-corrected chi connectivity index (χ0v) is 38.0. The third-order valence-electron chi connectivity index (χ3n) is 14.2. The molecule has 0 spiro atoms. The maximum Gasteiger partial charge on any atom is 0.416 e. The van der Waals surface area contributed by atoms with Crippen LogP contribution < -0.4 is 9.80 Å². The van der Waals surface area contributed by atoms with Crippen LogP contribution >= 0.6 is 0 Å². The van der Waals surface area contributed by atoms with Gasteiger partial charge < -0.3 is 18.6 Å². The second kappa shape index (κ2) is 15.2. The molecule has 2 aromatic heterocycles. The van der Waals surface area contributed by atoms with Crippen LogP contribution in [0.3, 0.4) is 0 Å². The van der Waals surface area contributed by atoms with Gasteiger partial charge in [0.25, 0.3) is 0 Å². The van der Waals surface area contributed by atoms with E-state index in [4.69, 9.17) is 8.83 Å². The van der Waals surface area contributed by atoms with Crippen molar-refractivity contribution in [2.24, 2.45) is 0 Å². The number of alkyl halides is 6. The number of halogens is 6. The first-order chi connectivity index (χ1) is 34.2. The van der Waals surface area contributed by atoms with Crippen molar-refractivity contribution in [1.29, 1.82) is 0 Å².